The summed E-state index contributed by atoms with van der Waals surface area (Å²) in [4.78, 5) is 24.7. The zero-order valence-corrected chi connectivity index (χ0v) is 11.7. The molecule has 0 aliphatic carbocycles. The zero-order valence-electron chi connectivity index (χ0n) is 11.7. The summed E-state index contributed by atoms with van der Waals surface area (Å²) < 4.78 is 5.64. The second-order valence-electron chi connectivity index (χ2n) is 5.64. The van der Waals surface area contributed by atoms with Crippen LogP contribution < -0.4 is 0 Å². The average molecular weight is 290 g/mol. The van der Waals surface area contributed by atoms with Crippen LogP contribution in [0.3, 0.4) is 0 Å². The number of carbonyl (C=O) groups excluding carboxylic acids is 1. The number of hydrogen-bond acceptors (Lipinski definition) is 5. The summed E-state index contributed by atoms with van der Waals surface area (Å²) in [5.41, 5.74) is 0.349. The predicted octanol–water partition coefficient (Wildman–Crippen LogP) is 2.38. The second kappa shape index (κ2) is 5.81. The van der Waals surface area contributed by atoms with Crippen LogP contribution >= 0.6 is 0 Å². The number of nitrogens with zero attached hydrogens (tertiary/aromatic N) is 2. The molecule has 2 fully saturated rings. The highest BCUT2D eigenvalue weighted by Gasteiger charge is 2.36. The lowest BCUT2D eigenvalue weighted by molar-refractivity contribution is -0.384. The van der Waals surface area contributed by atoms with Crippen LogP contribution in [0.5, 0.6) is 0 Å². The molecule has 0 N–H and O–H groups in total. The number of piperidine rings is 1. The standard InChI is InChI=1S/C15H18N2O4/c18-15(11-5-7-12(8-6-11)17(19)20)21-14-4-2-10-16-9-1-3-13(14)16/h5-8,13-14H,1-4,9-10H2/t13-,14-/m1/s1. The minimum absolute atomic E-state index is 0.0221. The van der Waals surface area contributed by atoms with E-state index in [1.807, 2.05) is 0 Å². The van der Waals surface area contributed by atoms with Gasteiger partial charge in [-0.3, -0.25) is 15.0 Å². The topological polar surface area (TPSA) is 72.7 Å². The zero-order chi connectivity index (χ0) is 14.8. The molecule has 0 bridgehead atoms. The third kappa shape index (κ3) is 2.90. The molecule has 6 nitrogen and oxygen atoms in total. The normalized spacial score (nSPS) is 25.3. The lowest BCUT2D eigenvalue weighted by Gasteiger charge is -2.35. The quantitative estimate of drug-likeness (QED) is 0.485. The van der Waals surface area contributed by atoms with E-state index in [1.165, 1.54) is 24.3 Å². The van der Waals surface area contributed by atoms with Crippen molar-refractivity contribution in [3.05, 3.63) is 39.9 Å². The van der Waals surface area contributed by atoms with Crippen LogP contribution in [0.15, 0.2) is 24.3 Å². The maximum atomic E-state index is 12.2. The van der Waals surface area contributed by atoms with Gasteiger partial charge in [-0.2, -0.15) is 0 Å². The third-order valence-electron chi connectivity index (χ3n) is 4.35. The SMILES string of the molecule is O=C(O[C@@H]1CCCN2CCC[C@H]12)c1ccc([N+](=O)[O-])cc1. The van der Waals surface area contributed by atoms with Gasteiger partial charge in [0.2, 0.25) is 0 Å². The highest BCUT2D eigenvalue weighted by Crippen LogP contribution is 2.29. The van der Waals surface area contributed by atoms with Crippen LogP contribution in [0, 0.1) is 10.1 Å². The van der Waals surface area contributed by atoms with Gasteiger partial charge in [-0.05, 0) is 50.9 Å². The van der Waals surface area contributed by atoms with E-state index >= 15 is 0 Å². The van der Waals surface area contributed by atoms with Gasteiger partial charge < -0.3 is 4.74 Å². The molecule has 0 radical (unpaired) electrons. The van der Waals surface area contributed by atoms with Gasteiger partial charge in [-0.15, -0.1) is 0 Å². The third-order valence-corrected chi connectivity index (χ3v) is 4.35. The Labute approximate surface area is 122 Å². The molecule has 2 aliphatic heterocycles. The van der Waals surface area contributed by atoms with Crippen molar-refractivity contribution in [3.8, 4) is 0 Å². The summed E-state index contributed by atoms with van der Waals surface area (Å²) in [6.07, 6.45) is 4.15. The molecule has 2 atom stereocenters. The molecular formula is C15H18N2O4. The molecule has 2 saturated heterocycles. The molecule has 0 aromatic heterocycles. The number of nitro benzene ring substituents is 1. The monoisotopic (exact) mass is 290 g/mol. The van der Waals surface area contributed by atoms with Crippen molar-refractivity contribution >= 4 is 11.7 Å². The Morgan fingerprint density at radius 1 is 1.19 bits per heavy atom. The number of carbonyl (C=O) groups is 1. The summed E-state index contributed by atoms with van der Waals surface area (Å²) in [5.74, 6) is -0.386. The number of non-ortho nitro benzene ring substituents is 1. The van der Waals surface area contributed by atoms with Gasteiger partial charge >= 0.3 is 5.97 Å². The molecule has 0 unspecified atom stereocenters. The number of fused-ring (bicyclic) bond motifs is 1. The first-order valence-electron chi connectivity index (χ1n) is 7.34. The highest BCUT2D eigenvalue weighted by atomic mass is 16.6. The number of hydrogen-bond donors (Lipinski definition) is 0. The summed E-state index contributed by atoms with van der Waals surface area (Å²) >= 11 is 0. The van der Waals surface area contributed by atoms with Crippen molar-refractivity contribution < 1.29 is 14.5 Å². The maximum absolute atomic E-state index is 12.2. The smallest absolute Gasteiger partial charge is 0.338 e. The Hall–Kier alpha value is -1.95. The lowest BCUT2D eigenvalue weighted by atomic mass is 9.99. The molecule has 0 amide bonds. The number of esters is 1. The average Bonchev–Trinajstić information content (AvgIpc) is 2.97. The highest BCUT2D eigenvalue weighted by molar-refractivity contribution is 5.89. The van der Waals surface area contributed by atoms with Gasteiger partial charge in [0.1, 0.15) is 6.10 Å². The van der Waals surface area contributed by atoms with E-state index < -0.39 is 4.92 Å². The predicted molar refractivity (Wildman–Crippen MR) is 76.1 cm³/mol. The molecule has 1 aromatic carbocycles. The Morgan fingerprint density at radius 2 is 1.86 bits per heavy atom. The van der Waals surface area contributed by atoms with Crippen molar-refractivity contribution in [1.29, 1.82) is 0 Å². The molecular weight excluding hydrogens is 272 g/mol. The maximum Gasteiger partial charge on any atom is 0.338 e. The summed E-state index contributed by atoms with van der Waals surface area (Å²) in [6, 6.07) is 5.92. The van der Waals surface area contributed by atoms with E-state index in [-0.39, 0.29) is 17.8 Å². The van der Waals surface area contributed by atoms with E-state index in [9.17, 15) is 14.9 Å². The van der Waals surface area contributed by atoms with Crippen LogP contribution in [0.25, 0.3) is 0 Å². The van der Waals surface area contributed by atoms with Crippen LogP contribution in [-0.2, 0) is 4.74 Å². The van der Waals surface area contributed by atoms with Crippen LogP contribution in [0.4, 0.5) is 5.69 Å². The molecule has 0 spiro atoms. The van der Waals surface area contributed by atoms with E-state index in [1.54, 1.807) is 0 Å². The number of rotatable bonds is 3. The fourth-order valence-electron chi connectivity index (χ4n) is 3.30. The first kappa shape index (κ1) is 14.0. The summed E-state index contributed by atoms with van der Waals surface area (Å²) in [7, 11) is 0. The van der Waals surface area contributed by atoms with Crippen molar-refractivity contribution in [2.24, 2.45) is 0 Å². The Morgan fingerprint density at radius 3 is 2.52 bits per heavy atom. The number of benzene rings is 1. The van der Waals surface area contributed by atoms with Crippen LogP contribution in [0.1, 0.15) is 36.0 Å². The number of nitro groups is 1. The Bertz CT molecular complexity index is 543. The lowest BCUT2D eigenvalue weighted by Crippen LogP contribution is -2.45. The van der Waals surface area contributed by atoms with Gasteiger partial charge in [-0.25, -0.2) is 4.79 Å². The fraction of sp³-hybridized carbons (Fsp3) is 0.533. The molecule has 112 valence electrons. The van der Waals surface area contributed by atoms with Gasteiger partial charge in [-0.1, -0.05) is 0 Å². The molecule has 1 aromatic rings. The van der Waals surface area contributed by atoms with Crippen molar-refractivity contribution in [2.75, 3.05) is 13.1 Å². The van der Waals surface area contributed by atoms with Gasteiger partial charge in [0, 0.05) is 18.2 Å². The van der Waals surface area contributed by atoms with Gasteiger partial charge in [0.25, 0.3) is 5.69 Å². The van der Waals surface area contributed by atoms with Crippen molar-refractivity contribution in [2.45, 2.75) is 37.8 Å². The van der Waals surface area contributed by atoms with E-state index in [2.05, 4.69) is 4.90 Å². The molecule has 3 rings (SSSR count). The van der Waals surface area contributed by atoms with E-state index in [0.717, 1.165) is 38.8 Å². The summed E-state index contributed by atoms with van der Waals surface area (Å²) in [5, 5.41) is 10.6. The minimum atomic E-state index is -0.480. The van der Waals surface area contributed by atoms with E-state index in [4.69, 9.17) is 4.74 Å². The van der Waals surface area contributed by atoms with Crippen LogP contribution in [-0.4, -0.2) is 41.0 Å². The minimum Gasteiger partial charge on any atom is -0.457 e. The molecule has 2 aliphatic rings. The molecule has 0 saturated carbocycles. The largest absolute Gasteiger partial charge is 0.457 e. The summed E-state index contributed by atoms with van der Waals surface area (Å²) in [6.45, 7) is 2.19. The second-order valence-corrected chi connectivity index (χ2v) is 5.64. The van der Waals surface area contributed by atoms with Gasteiger partial charge in [0.05, 0.1) is 10.5 Å². The van der Waals surface area contributed by atoms with E-state index in [0.29, 0.717) is 11.6 Å². The van der Waals surface area contributed by atoms with Crippen molar-refractivity contribution in [3.63, 3.8) is 0 Å². The Balaban J connectivity index is 1.66. The first-order chi connectivity index (χ1) is 10.1. The fourth-order valence-corrected chi connectivity index (χ4v) is 3.30. The van der Waals surface area contributed by atoms with Crippen LogP contribution in [0.2, 0.25) is 0 Å². The molecule has 2 heterocycles. The molecule has 6 heteroatoms. The van der Waals surface area contributed by atoms with Crippen molar-refractivity contribution in [1.82, 2.24) is 4.90 Å². The van der Waals surface area contributed by atoms with Gasteiger partial charge in [0.15, 0.2) is 0 Å². The molecule has 21 heavy (non-hydrogen) atoms. The Kier molecular flexibility index (Phi) is 3.88. The first-order valence-corrected chi connectivity index (χ1v) is 7.34. The number of ether oxygens (including phenoxy) is 1.